The molecule has 1 N–H and O–H groups in total. The highest BCUT2D eigenvalue weighted by Crippen LogP contribution is 2.22. The van der Waals surface area contributed by atoms with Crippen LogP contribution in [0.5, 0.6) is 0 Å². The van der Waals surface area contributed by atoms with Crippen LogP contribution in [-0.2, 0) is 7.05 Å². The van der Waals surface area contributed by atoms with E-state index in [1.54, 1.807) is 0 Å². The van der Waals surface area contributed by atoms with E-state index >= 15 is 0 Å². The molecule has 2 aromatic heterocycles. The number of halogens is 1. The normalized spacial score (nSPS) is 10.5. The van der Waals surface area contributed by atoms with Crippen molar-refractivity contribution in [3.8, 4) is 11.4 Å². The van der Waals surface area contributed by atoms with Crippen LogP contribution in [0.2, 0.25) is 0 Å². The van der Waals surface area contributed by atoms with Gasteiger partial charge in [0.2, 0.25) is 0 Å². The van der Waals surface area contributed by atoms with Gasteiger partial charge in [-0.05, 0) is 40.2 Å². The lowest BCUT2D eigenvalue weighted by Crippen LogP contribution is -1.90. The minimum absolute atomic E-state index is 1.09. The Kier molecular flexibility index (Phi) is 1.81. The molecule has 0 aliphatic rings. The summed E-state index contributed by atoms with van der Waals surface area (Å²) in [5.74, 6) is 0. The molecule has 2 nitrogen and oxygen atoms in total. The molecule has 0 saturated carbocycles. The maximum absolute atomic E-state index is 3.45. The highest BCUT2D eigenvalue weighted by molar-refractivity contribution is 9.10. The second-order valence-electron chi connectivity index (χ2n) is 2.68. The zero-order valence-corrected chi connectivity index (χ0v) is 8.30. The van der Waals surface area contributed by atoms with Crippen molar-refractivity contribution in [2.45, 2.75) is 0 Å². The molecule has 0 fully saturated rings. The molecular weight excluding hydrogens is 216 g/mol. The van der Waals surface area contributed by atoms with Gasteiger partial charge < -0.3 is 9.55 Å². The zero-order chi connectivity index (χ0) is 8.55. The van der Waals surface area contributed by atoms with Crippen molar-refractivity contribution >= 4 is 15.9 Å². The lowest BCUT2D eigenvalue weighted by molar-refractivity contribution is 0.907. The number of nitrogens with zero attached hydrogens (tertiary/aromatic N) is 1. The molecule has 2 rings (SSSR count). The van der Waals surface area contributed by atoms with E-state index in [1.807, 2.05) is 25.4 Å². The predicted octanol–water partition coefficient (Wildman–Crippen LogP) is 2.78. The molecule has 0 aromatic carbocycles. The summed E-state index contributed by atoms with van der Waals surface area (Å²) in [7, 11) is 2.03. The van der Waals surface area contributed by atoms with Crippen LogP contribution in [-0.4, -0.2) is 9.55 Å². The molecule has 0 atom stereocenters. The van der Waals surface area contributed by atoms with Crippen molar-refractivity contribution < 1.29 is 0 Å². The summed E-state index contributed by atoms with van der Waals surface area (Å²) in [6.07, 6.45) is 1.93. The van der Waals surface area contributed by atoms with Gasteiger partial charge in [-0.2, -0.15) is 0 Å². The number of hydrogen-bond acceptors (Lipinski definition) is 0. The van der Waals surface area contributed by atoms with E-state index in [2.05, 4.69) is 37.6 Å². The summed E-state index contributed by atoms with van der Waals surface area (Å²) in [6.45, 7) is 0. The van der Waals surface area contributed by atoms with Crippen LogP contribution in [0.25, 0.3) is 11.4 Å². The van der Waals surface area contributed by atoms with Gasteiger partial charge in [0.15, 0.2) is 0 Å². The fourth-order valence-corrected chi connectivity index (χ4v) is 1.57. The summed E-state index contributed by atoms with van der Waals surface area (Å²) < 4.78 is 3.18. The van der Waals surface area contributed by atoms with Crippen LogP contribution >= 0.6 is 15.9 Å². The van der Waals surface area contributed by atoms with Gasteiger partial charge in [-0.25, -0.2) is 0 Å². The molecule has 0 radical (unpaired) electrons. The zero-order valence-electron chi connectivity index (χ0n) is 6.71. The molecule has 0 bridgehead atoms. The number of aromatic nitrogens is 2. The fourth-order valence-electron chi connectivity index (χ4n) is 1.25. The highest BCUT2D eigenvalue weighted by Gasteiger charge is 2.03. The Morgan fingerprint density at radius 1 is 1.33 bits per heavy atom. The molecule has 12 heavy (non-hydrogen) atoms. The van der Waals surface area contributed by atoms with Gasteiger partial charge in [0.25, 0.3) is 0 Å². The summed E-state index contributed by atoms with van der Waals surface area (Å²) in [5.41, 5.74) is 2.33. The first-order chi connectivity index (χ1) is 5.79. The Morgan fingerprint density at radius 3 is 2.67 bits per heavy atom. The molecule has 0 aliphatic carbocycles. The summed E-state index contributed by atoms with van der Waals surface area (Å²) in [6, 6.07) is 8.17. The van der Waals surface area contributed by atoms with Crippen LogP contribution in [0.1, 0.15) is 0 Å². The second kappa shape index (κ2) is 2.83. The topological polar surface area (TPSA) is 20.7 Å². The Balaban J connectivity index is 2.55. The summed E-state index contributed by atoms with van der Waals surface area (Å²) >= 11 is 3.45. The van der Waals surface area contributed by atoms with Crippen LogP contribution in [0.3, 0.4) is 0 Å². The Labute approximate surface area is 79.3 Å². The van der Waals surface area contributed by atoms with E-state index in [4.69, 9.17) is 0 Å². The maximum Gasteiger partial charge on any atom is 0.0849 e. The number of hydrogen-bond donors (Lipinski definition) is 1. The quantitative estimate of drug-likeness (QED) is 0.770. The standard InChI is InChI=1S/C9H9BrN2/c1-12-8(4-5-9(12)10)7-3-2-6-11-7/h2-6,11H,1H3. The summed E-state index contributed by atoms with van der Waals surface area (Å²) in [5, 5.41) is 0. The lowest BCUT2D eigenvalue weighted by atomic mass is 10.3. The minimum Gasteiger partial charge on any atom is -0.360 e. The van der Waals surface area contributed by atoms with Crippen molar-refractivity contribution in [2.75, 3.05) is 0 Å². The van der Waals surface area contributed by atoms with Gasteiger partial charge >= 0.3 is 0 Å². The number of H-pyrrole nitrogens is 1. The molecule has 3 heteroatoms. The van der Waals surface area contributed by atoms with E-state index in [-0.39, 0.29) is 0 Å². The van der Waals surface area contributed by atoms with E-state index < -0.39 is 0 Å². The van der Waals surface area contributed by atoms with Gasteiger partial charge in [0, 0.05) is 13.2 Å². The van der Waals surface area contributed by atoms with Crippen molar-refractivity contribution in [3.63, 3.8) is 0 Å². The molecule has 2 aromatic rings. The average Bonchev–Trinajstić information content (AvgIpc) is 2.64. The van der Waals surface area contributed by atoms with Gasteiger partial charge in [0.05, 0.1) is 16.0 Å². The SMILES string of the molecule is Cn1c(Br)ccc1-c1ccc[nH]1. The Bertz CT molecular complexity index is 373. The number of nitrogens with one attached hydrogen (secondary N) is 1. The second-order valence-corrected chi connectivity index (χ2v) is 3.50. The molecule has 0 aliphatic heterocycles. The monoisotopic (exact) mass is 224 g/mol. The first-order valence-corrected chi connectivity index (χ1v) is 4.53. The van der Waals surface area contributed by atoms with Crippen LogP contribution < -0.4 is 0 Å². The van der Waals surface area contributed by atoms with Crippen molar-refractivity contribution in [3.05, 3.63) is 35.1 Å². The van der Waals surface area contributed by atoms with Crippen LogP contribution in [0.4, 0.5) is 0 Å². The minimum atomic E-state index is 1.09. The molecule has 0 saturated heterocycles. The lowest BCUT2D eigenvalue weighted by Gasteiger charge is -2.00. The van der Waals surface area contributed by atoms with Crippen LogP contribution in [0, 0.1) is 0 Å². The third-order valence-electron chi connectivity index (χ3n) is 1.93. The molecule has 0 amide bonds. The van der Waals surface area contributed by atoms with Gasteiger partial charge in [0.1, 0.15) is 0 Å². The Morgan fingerprint density at radius 2 is 2.17 bits per heavy atom. The van der Waals surface area contributed by atoms with Crippen molar-refractivity contribution in [1.82, 2.24) is 9.55 Å². The predicted molar refractivity (Wildman–Crippen MR) is 52.9 cm³/mol. The third-order valence-corrected chi connectivity index (χ3v) is 2.73. The first kappa shape index (κ1) is 7.68. The molecular formula is C9H9BrN2. The first-order valence-electron chi connectivity index (χ1n) is 3.74. The van der Waals surface area contributed by atoms with E-state index in [0.717, 1.165) is 10.3 Å². The molecule has 2 heterocycles. The molecule has 0 spiro atoms. The van der Waals surface area contributed by atoms with Crippen molar-refractivity contribution in [1.29, 1.82) is 0 Å². The average molecular weight is 225 g/mol. The van der Waals surface area contributed by atoms with Crippen LogP contribution in [0.15, 0.2) is 35.1 Å². The fraction of sp³-hybridized carbons (Fsp3) is 0.111. The van der Waals surface area contributed by atoms with Gasteiger partial charge in [-0.1, -0.05) is 0 Å². The highest BCUT2D eigenvalue weighted by atomic mass is 79.9. The van der Waals surface area contributed by atoms with Gasteiger partial charge in [-0.3, -0.25) is 0 Å². The van der Waals surface area contributed by atoms with E-state index in [1.165, 1.54) is 5.69 Å². The van der Waals surface area contributed by atoms with Gasteiger partial charge in [-0.15, -0.1) is 0 Å². The van der Waals surface area contributed by atoms with E-state index in [9.17, 15) is 0 Å². The maximum atomic E-state index is 3.45. The van der Waals surface area contributed by atoms with Crippen molar-refractivity contribution in [2.24, 2.45) is 7.05 Å². The largest absolute Gasteiger partial charge is 0.360 e. The smallest absolute Gasteiger partial charge is 0.0849 e. The third kappa shape index (κ3) is 1.10. The summed E-state index contributed by atoms with van der Waals surface area (Å²) in [4.78, 5) is 3.17. The molecule has 0 unspecified atom stereocenters. The number of rotatable bonds is 1. The Hall–Kier alpha value is -0.960. The van der Waals surface area contributed by atoms with E-state index in [0.29, 0.717) is 0 Å². The molecule has 62 valence electrons. The number of aromatic amines is 1.